The molecule has 0 spiro atoms. The minimum atomic E-state index is -3.51. The standard InChI is InChI=1S/C7H8O.Hg.H4O5P2/c8-6-7-4-2-1-3-5-7;;1-6(2)5-7(3)4/h1-5,8H,6H2;;6-7H,(H,1,2)(H,3,4)/q;+2;/p-2. The van der Waals surface area contributed by atoms with Crippen LogP contribution in [0.1, 0.15) is 5.56 Å². The summed E-state index contributed by atoms with van der Waals surface area (Å²) in [5, 5.41) is 8.54. The number of rotatable bonds is 3. The van der Waals surface area contributed by atoms with E-state index in [2.05, 4.69) is 4.31 Å². The molecular formula is C7H10HgO6P2. The van der Waals surface area contributed by atoms with Crippen molar-refractivity contribution in [3.63, 3.8) is 0 Å². The second kappa shape index (κ2) is 11.9. The van der Waals surface area contributed by atoms with Gasteiger partial charge in [-0.25, -0.2) is 0 Å². The van der Waals surface area contributed by atoms with Crippen LogP contribution >= 0.6 is 16.5 Å². The summed E-state index contributed by atoms with van der Waals surface area (Å²) in [4.78, 5) is 18.6. The maximum absolute atomic E-state index is 9.29. The molecule has 1 N–H and O–H groups in total. The Bertz CT molecular complexity index is 308. The van der Waals surface area contributed by atoms with E-state index in [1.54, 1.807) is 0 Å². The van der Waals surface area contributed by atoms with Gasteiger partial charge in [0.25, 0.3) is 0 Å². The van der Waals surface area contributed by atoms with Crippen LogP contribution in [0.15, 0.2) is 30.3 Å². The van der Waals surface area contributed by atoms with Crippen LogP contribution in [-0.4, -0.2) is 5.11 Å². The first-order chi connectivity index (χ1) is 7.06. The van der Waals surface area contributed by atoms with Crippen LogP contribution in [-0.2, 0) is 47.7 Å². The van der Waals surface area contributed by atoms with Gasteiger partial charge < -0.3 is 24.0 Å². The monoisotopic (exact) mass is 454 g/mol. The molecule has 9 heteroatoms. The van der Waals surface area contributed by atoms with E-state index in [-0.39, 0.29) is 34.3 Å². The summed E-state index contributed by atoms with van der Waals surface area (Å²) in [5.41, 5.74) is 0.965. The molecule has 2 unspecified atom stereocenters. The van der Waals surface area contributed by atoms with E-state index < -0.39 is 16.5 Å². The maximum atomic E-state index is 9.29. The molecule has 2 atom stereocenters. The Morgan fingerprint density at radius 1 is 1.12 bits per heavy atom. The number of aliphatic hydroxyl groups is 1. The van der Waals surface area contributed by atoms with Gasteiger partial charge in [-0.05, 0) is 5.56 Å². The Kier molecular flexibility index (Phi) is 14.0. The molecule has 6 nitrogen and oxygen atoms in total. The van der Waals surface area contributed by atoms with Gasteiger partial charge in [-0.15, -0.1) is 0 Å². The van der Waals surface area contributed by atoms with Gasteiger partial charge in [0.2, 0.25) is 0 Å². The molecule has 86 valence electrons. The third-order valence-electron chi connectivity index (χ3n) is 1.19. The van der Waals surface area contributed by atoms with Crippen molar-refractivity contribution in [3.8, 4) is 0 Å². The first kappa shape index (κ1) is 18.8. The fourth-order valence-electron chi connectivity index (χ4n) is 0.651. The summed E-state index contributed by atoms with van der Waals surface area (Å²) < 4.78 is 21.8. The zero-order valence-electron chi connectivity index (χ0n) is 8.29. The Labute approximate surface area is 115 Å². The van der Waals surface area contributed by atoms with Crippen LogP contribution in [0.2, 0.25) is 0 Å². The summed E-state index contributed by atoms with van der Waals surface area (Å²) in [5.74, 6) is 0. The molecule has 0 heterocycles. The smallest absolute Gasteiger partial charge is 0.781 e. The topological polar surface area (TPSA) is 110 Å². The first-order valence-electron chi connectivity index (χ1n) is 3.81. The van der Waals surface area contributed by atoms with Gasteiger partial charge in [-0.1, -0.05) is 30.3 Å². The van der Waals surface area contributed by atoms with Crippen LogP contribution in [0.5, 0.6) is 0 Å². The molecular weight excluding hydrogens is 443 g/mol. The SMILES string of the molecule is O=[PH]([O-])O[PH](=O)[O-].OCc1ccccc1.[Hg+2]. The van der Waals surface area contributed by atoms with E-state index in [4.69, 9.17) is 5.11 Å². The van der Waals surface area contributed by atoms with E-state index in [0.717, 1.165) is 5.56 Å². The quantitative estimate of drug-likeness (QED) is 0.497. The molecule has 0 fully saturated rings. The van der Waals surface area contributed by atoms with Crippen LogP contribution < -0.4 is 9.79 Å². The zero-order chi connectivity index (χ0) is 11.7. The summed E-state index contributed by atoms with van der Waals surface area (Å²) in [6.07, 6.45) is 0. The van der Waals surface area contributed by atoms with Crippen molar-refractivity contribution in [2.45, 2.75) is 6.61 Å². The van der Waals surface area contributed by atoms with E-state index in [1.807, 2.05) is 30.3 Å². The van der Waals surface area contributed by atoms with E-state index in [9.17, 15) is 18.9 Å². The Balaban J connectivity index is 0. The third-order valence-corrected chi connectivity index (χ3v) is 2.53. The number of hydrogen-bond donors (Lipinski definition) is 1. The Hall–Kier alpha value is 0.455. The van der Waals surface area contributed by atoms with Crippen molar-refractivity contribution >= 4 is 16.5 Å². The molecule has 1 rings (SSSR count). The van der Waals surface area contributed by atoms with Crippen molar-refractivity contribution in [3.05, 3.63) is 35.9 Å². The Morgan fingerprint density at radius 3 is 1.75 bits per heavy atom. The van der Waals surface area contributed by atoms with Crippen LogP contribution in [0.25, 0.3) is 0 Å². The van der Waals surface area contributed by atoms with Crippen molar-refractivity contribution in [2.24, 2.45) is 0 Å². The minimum absolute atomic E-state index is 0. The van der Waals surface area contributed by atoms with Gasteiger partial charge in [0.1, 0.15) is 16.5 Å². The normalized spacial score (nSPS) is 12.7. The molecule has 0 aliphatic carbocycles. The third kappa shape index (κ3) is 12.5. The van der Waals surface area contributed by atoms with Crippen LogP contribution in [0, 0.1) is 0 Å². The number of aliphatic hydroxyl groups excluding tert-OH is 1. The molecule has 0 aliphatic heterocycles. The molecule has 0 aliphatic rings. The second-order valence-corrected chi connectivity index (χ2v) is 4.06. The molecule has 0 radical (unpaired) electrons. The van der Waals surface area contributed by atoms with E-state index >= 15 is 0 Å². The predicted molar refractivity (Wildman–Crippen MR) is 51.5 cm³/mol. The van der Waals surface area contributed by atoms with Gasteiger partial charge in [-0.3, -0.25) is 4.31 Å². The van der Waals surface area contributed by atoms with Crippen molar-refractivity contribution < 1.29 is 56.0 Å². The van der Waals surface area contributed by atoms with Gasteiger partial charge in [0.15, 0.2) is 0 Å². The summed E-state index contributed by atoms with van der Waals surface area (Å²) in [7, 11) is -7.03. The average Bonchev–Trinajstić information content (AvgIpc) is 2.18. The van der Waals surface area contributed by atoms with E-state index in [0.29, 0.717) is 0 Å². The van der Waals surface area contributed by atoms with Crippen LogP contribution in [0.4, 0.5) is 0 Å². The minimum Gasteiger partial charge on any atom is -0.781 e. The molecule has 0 saturated heterocycles. The fraction of sp³-hybridized carbons (Fsp3) is 0.143. The van der Waals surface area contributed by atoms with Gasteiger partial charge in [-0.2, -0.15) is 0 Å². The molecule has 16 heavy (non-hydrogen) atoms. The Morgan fingerprint density at radius 2 is 1.56 bits per heavy atom. The molecule has 0 aromatic heterocycles. The van der Waals surface area contributed by atoms with Gasteiger partial charge in [0.05, 0.1) is 6.61 Å². The largest absolute Gasteiger partial charge is 2.00 e. The summed E-state index contributed by atoms with van der Waals surface area (Å²) in [6, 6.07) is 9.52. The van der Waals surface area contributed by atoms with Gasteiger partial charge in [0, 0.05) is 0 Å². The first-order valence-corrected chi connectivity index (χ1v) is 6.25. The van der Waals surface area contributed by atoms with Crippen molar-refractivity contribution in [1.29, 1.82) is 0 Å². The summed E-state index contributed by atoms with van der Waals surface area (Å²) >= 11 is 0. The zero-order valence-corrected chi connectivity index (χ0v) is 15.8. The molecule has 0 bridgehead atoms. The van der Waals surface area contributed by atoms with Crippen molar-refractivity contribution in [1.82, 2.24) is 0 Å². The predicted octanol–water partition coefficient (Wildman–Crippen LogP) is -0.321. The summed E-state index contributed by atoms with van der Waals surface area (Å²) in [6.45, 7) is 0.140. The van der Waals surface area contributed by atoms with Crippen molar-refractivity contribution in [2.75, 3.05) is 0 Å². The second-order valence-electron chi connectivity index (χ2n) is 2.25. The molecule has 0 amide bonds. The molecule has 0 saturated carbocycles. The van der Waals surface area contributed by atoms with Gasteiger partial charge >= 0.3 is 27.7 Å². The maximum Gasteiger partial charge on any atom is 2.00 e. The fourth-order valence-corrected chi connectivity index (χ4v) is 1.20. The molecule has 1 aromatic rings. The number of benzene rings is 1. The molecule has 1 aromatic carbocycles. The van der Waals surface area contributed by atoms with Crippen LogP contribution in [0.3, 0.4) is 0 Å². The number of hydrogen-bond acceptors (Lipinski definition) is 6. The van der Waals surface area contributed by atoms with E-state index in [1.165, 1.54) is 0 Å². The average molecular weight is 453 g/mol.